The molecule has 0 radical (unpaired) electrons. The molecule has 0 spiro atoms. The van der Waals surface area contributed by atoms with Gasteiger partial charge in [0.1, 0.15) is 22.1 Å². The molecule has 50 heavy (non-hydrogen) atoms. The Morgan fingerprint density at radius 2 is 1.20 bits per heavy atom. The van der Waals surface area contributed by atoms with E-state index < -0.39 is 9.85 Å². The highest BCUT2D eigenvalue weighted by atomic mass is 35.5. The monoisotopic (exact) mass is 708 g/mol. The predicted molar refractivity (Wildman–Crippen MR) is 197 cm³/mol. The van der Waals surface area contributed by atoms with E-state index in [2.05, 4.69) is 19.9 Å². The highest BCUT2D eigenvalue weighted by Gasteiger charge is 2.19. The summed E-state index contributed by atoms with van der Waals surface area (Å²) in [5, 5.41) is 28.3. The molecule has 0 atom stereocenters. The van der Waals surface area contributed by atoms with Gasteiger partial charge in [0, 0.05) is 31.4 Å². The van der Waals surface area contributed by atoms with Crippen LogP contribution in [0, 0.1) is 41.0 Å². The molecule has 0 bridgehead atoms. The first-order valence-corrected chi connectivity index (χ1v) is 14.4. The second-order valence-electron chi connectivity index (χ2n) is 9.77. The number of rotatable bonds is 4. The van der Waals surface area contributed by atoms with Crippen LogP contribution in [0.1, 0.15) is 24.5 Å². The summed E-state index contributed by atoms with van der Waals surface area (Å²) in [7, 11) is 1.00. The number of anilines is 4. The van der Waals surface area contributed by atoms with E-state index in [4.69, 9.17) is 39.6 Å². The molecule has 6 aromatic rings. The van der Waals surface area contributed by atoms with Crippen LogP contribution in [-0.2, 0) is 0 Å². The number of nitro groups is 2. The fraction of sp³-hybridized carbons (Fsp3) is 0.156. The van der Waals surface area contributed by atoms with Crippen molar-refractivity contribution in [2.75, 3.05) is 30.0 Å². The highest BCUT2D eigenvalue weighted by Crippen LogP contribution is 2.30. The van der Waals surface area contributed by atoms with Crippen molar-refractivity contribution in [3.8, 4) is 11.4 Å². The smallest absolute Gasteiger partial charge is 0.315 e. The van der Waals surface area contributed by atoms with E-state index >= 15 is 0 Å². The minimum atomic E-state index is -0.600. The molecular weight excluding hydrogens is 668 g/mol. The SMILES string of the molecule is C.CO.Cc1cn(-c2cccc(N)c2N)cn1.Cc1cn(-c2cccc(N)c2[N+](=O)[O-])cn1.Cc1cnc[nH]1.Nc1cccc(Cl)c1[N+](=O)[O-]. The van der Waals surface area contributed by atoms with Gasteiger partial charge in [-0.1, -0.05) is 37.2 Å². The van der Waals surface area contributed by atoms with Gasteiger partial charge in [0.25, 0.3) is 0 Å². The molecule has 0 aliphatic carbocycles. The fourth-order valence-corrected chi connectivity index (χ4v) is 4.16. The molecule has 10 N–H and O–H groups in total. The van der Waals surface area contributed by atoms with Crippen molar-refractivity contribution in [2.24, 2.45) is 0 Å². The zero-order chi connectivity index (χ0) is 36.7. The Bertz CT molecular complexity index is 1940. The van der Waals surface area contributed by atoms with Crippen LogP contribution in [0.4, 0.5) is 34.1 Å². The number of H-pyrrole nitrogens is 1. The minimum Gasteiger partial charge on any atom is -0.400 e. The van der Waals surface area contributed by atoms with E-state index in [1.54, 1.807) is 53.9 Å². The number of benzene rings is 3. The van der Waals surface area contributed by atoms with Crippen molar-refractivity contribution >= 4 is 45.7 Å². The van der Waals surface area contributed by atoms with Crippen molar-refractivity contribution in [3.05, 3.63) is 135 Å². The molecule has 6 rings (SSSR count). The number of nitrogen functional groups attached to an aromatic ring is 4. The van der Waals surface area contributed by atoms with Crippen molar-refractivity contribution in [2.45, 2.75) is 28.2 Å². The lowest BCUT2D eigenvalue weighted by atomic mass is 10.2. The molecule has 266 valence electrons. The number of nitrogens with zero attached hydrogens (tertiary/aromatic N) is 7. The molecule has 0 saturated carbocycles. The number of hydrogen-bond acceptors (Lipinski definition) is 12. The van der Waals surface area contributed by atoms with Crippen molar-refractivity contribution in [1.29, 1.82) is 0 Å². The van der Waals surface area contributed by atoms with E-state index in [0.29, 0.717) is 17.1 Å². The summed E-state index contributed by atoms with van der Waals surface area (Å²) in [6, 6.07) is 14.8. The Balaban J connectivity index is 0.000000339. The van der Waals surface area contributed by atoms with Crippen LogP contribution >= 0.6 is 11.6 Å². The highest BCUT2D eigenvalue weighted by molar-refractivity contribution is 6.33. The lowest BCUT2D eigenvalue weighted by Gasteiger charge is -2.07. The topological polar surface area (TPSA) is 275 Å². The van der Waals surface area contributed by atoms with Crippen molar-refractivity contribution in [3.63, 3.8) is 0 Å². The van der Waals surface area contributed by atoms with Crippen molar-refractivity contribution < 1.29 is 15.0 Å². The fourth-order valence-electron chi connectivity index (χ4n) is 3.91. The summed E-state index contributed by atoms with van der Waals surface area (Å²) in [6.07, 6.45) is 10.3. The largest absolute Gasteiger partial charge is 0.400 e. The Morgan fingerprint density at radius 3 is 1.58 bits per heavy atom. The van der Waals surface area contributed by atoms with Crippen LogP contribution in [0.15, 0.2) is 92.2 Å². The number of aromatic nitrogens is 6. The van der Waals surface area contributed by atoms with Crippen molar-refractivity contribution in [1.82, 2.24) is 29.1 Å². The average molecular weight is 709 g/mol. The third-order valence-corrected chi connectivity index (χ3v) is 6.47. The van der Waals surface area contributed by atoms with E-state index in [9.17, 15) is 20.2 Å². The van der Waals surface area contributed by atoms with Crippen LogP contribution in [0.5, 0.6) is 0 Å². The summed E-state index contributed by atoms with van der Waals surface area (Å²) in [5.74, 6) is 0. The number of nitrogens with two attached hydrogens (primary N) is 4. The van der Waals surface area contributed by atoms with Crippen LogP contribution < -0.4 is 22.9 Å². The minimum absolute atomic E-state index is 0. The third kappa shape index (κ3) is 11.7. The number of halogens is 1. The van der Waals surface area contributed by atoms with Gasteiger partial charge in [-0.05, 0) is 57.2 Å². The van der Waals surface area contributed by atoms with Crippen LogP contribution in [0.3, 0.4) is 0 Å². The normalized spacial score (nSPS) is 9.48. The second-order valence-corrected chi connectivity index (χ2v) is 10.2. The Kier molecular flexibility index (Phi) is 16.6. The molecule has 0 aliphatic heterocycles. The summed E-state index contributed by atoms with van der Waals surface area (Å²) in [5.41, 5.74) is 27.7. The standard InChI is InChI=1S/C10H10N4O2.C10H12N4.C6H5ClN2O2.C4H6N2.CH4O.CH4/c1-7-5-13(6-12-7)9-4-2-3-8(11)10(9)14(15)16;1-7-5-14(6-13-7)9-4-2-3-8(11)10(9)12;7-4-2-1-3-5(8)6(4)9(10)11;1-4-2-5-3-6-4;1-2;/h2-6H,11H2,1H3;2-6H,11-12H2,1H3;1-3H,8H2;2-3H,1H3,(H,5,6);2H,1H3;1H4. The molecule has 0 saturated heterocycles. The molecule has 3 heterocycles. The average Bonchev–Trinajstić information content (AvgIpc) is 3.83. The Morgan fingerprint density at radius 1 is 0.740 bits per heavy atom. The number of aromatic amines is 1. The molecular formula is C32H41ClN12O5. The molecule has 3 aromatic carbocycles. The van der Waals surface area contributed by atoms with E-state index in [-0.39, 0.29) is 35.2 Å². The van der Waals surface area contributed by atoms with Gasteiger partial charge in [0.2, 0.25) is 0 Å². The number of imidazole rings is 3. The zero-order valence-electron chi connectivity index (χ0n) is 27.1. The zero-order valence-corrected chi connectivity index (χ0v) is 27.8. The van der Waals surface area contributed by atoms with E-state index in [0.717, 1.165) is 29.9 Å². The number of para-hydroxylation sites is 3. The van der Waals surface area contributed by atoms with Crippen LogP contribution in [-0.4, -0.2) is 51.1 Å². The summed E-state index contributed by atoms with van der Waals surface area (Å²) in [6.45, 7) is 5.71. The van der Waals surface area contributed by atoms with Gasteiger partial charge in [-0.3, -0.25) is 24.8 Å². The van der Waals surface area contributed by atoms with Gasteiger partial charge in [-0.2, -0.15) is 0 Å². The summed E-state index contributed by atoms with van der Waals surface area (Å²) >= 11 is 5.50. The summed E-state index contributed by atoms with van der Waals surface area (Å²) < 4.78 is 3.45. The molecule has 0 unspecified atom stereocenters. The van der Waals surface area contributed by atoms with E-state index in [1.807, 2.05) is 43.7 Å². The molecule has 17 nitrogen and oxygen atoms in total. The number of hydrogen-bond donors (Lipinski definition) is 6. The number of nitro benzene ring substituents is 2. The number of aliphatic hydroxyl groups is 1. The first-order valence-electron chi connectivity index (χ1n) is 14.1. The number of aliphatic hydroxyl groups excluding tert-OH is 1. The van der Waals surface area contributed by atoms with Crippen LogP contribution in [0.2, 0.25) is 5.02 Å². The molecule has 18 heteroatoms. The molecule has 3 aromatic heterocycles. The molecule has 0 fully saturated rings. The Hall–Kier alpha value is -6.46. The maximum absolute atomic E-state index is 10.9. The van der Waals surface area contributed by atoms with Crippen LogP contribution in [0.25, 0.3) is 11.4 Å². The summed E-state index contributed by atoms with van der Waals surface area (Å²) in [4.78, 5) is 34.9. The van der Waals surface area contributed by atoms with Gasteiger partial charge < -0.3 is 37.6 Å². The first kappa shape index (κ1) is 41.6. The van der Waals surface area contributed by atoms with Gasteiger partial charge in [-0.15, -0.1) is 0 Å². The quantitative estimate of drug-likeness (QED) is 0.0719. The first-order chi connectivity index (χ1) is 23.3. The third-order valence-electron chi connectivity index (χ3n) is 6.16. The Labute approximate surface area is 293 Å². The second kappa shape index (κ2) is 20.0. The lowest BCUT2D eigenvalue weighted by Crippen LogP contribution is -2.01. The van der Waals surface area contributed by atoms with Gasteiger partial charge in [0.15, 0.2) is 0 Å². The van der Waals surface area contributed by atoms with Gasteiger partial charge in [-0.25, -0.2) is 15.0 Å². The number of aryl methyl sites for hydroxylation is 3. The predicted octanol–water partition coefficient (Wildman–Crippen LogP) is 5.81. The lowest BCUT2D eigenvalue weighted by molar-refractivity contribution is -0.383. The maximum atomic E-state index is 10.9. The maximum Gasteiger partial charge on any atom is 0.315 e. The number of nitrogens with one attached hydrogen (secondary N) is 1. The van der Waals surface area contributed by atoms with E-state index in [1.165, 1.54) is 24.5 Å². The molecule has 0 amide bonds. The molecule has 0 aliphatic rings. The van der Waals surface area contributed by atoms with Gasteiger partial charge >= 0.3 is 11.4 Å². The van der Waals surface area contributed by atoms with Gasteiger partial charge in [0.05, 0.1) is 57.3 Å².